The van der Waals surface area contributed by atoms with Gasteiger partial charge in [0, 0.05) is 44.8 Å². The van der Waals surface area contributed by atoms with Gasteiger partial charge in [-0.05, 0) is 24.6 Å². The summed E-state index contributed by atoms with van der Waals surface area (Å²) in [5.41, 5.74) is 3.16. The van der Waals surface area contributed by atoms with E-state index in [1.165, 1.54) is 19.3 Å². The van der Waals surface area contributed by atoms with Gasteiger partial charge in [0.2, 0.25) is 5.95 Å². The third-order valence-electron chi connectivity index (χ3n) is 5.77. The third kappa shape index (κ3) is 5.69. The van der Waals surface area contributed by atoms with E-state index in [0.29, 0.717) is 31.7 Å². The Morgan fingerprint density at radius 1 is 1.27 bits per heavy atom. The molecule has 0 radical (unpaired) electrons. The Labute approximate surface area is 210 Å². The van der Waals surface area contributed by atoms with Crippen LogP contribution >= 0.6 is 0 Å². The fourth-order valence-corrected chi connectivity index (χ4v) is 5.19. The van der Waals surface area contributed by atoms with Gasteiger partial charge in [-0.3, -0.25) is 14.1 Å². The highest BCUT2D eigenvalue weighted by molar-refractivity contribution is 7.90. The van der Waals surface area contributed by atoms with Crippen molar-refractivity contribution in [2.45, 2.75) is 12.6 Å². The van der Waals surface area contributed by atoms with Gasteiger partial charge >= 0.3 is 10.2 Å². The van der Waals surface area contributed by atoms with Crippen LogP contribution in [0.15, 0.2) is 29.2 Å². The molecular weight excluding hydrogens is 515 g/mol. The van der Waals surface area contributed by atoms with E-state index in [-0.39, 0.29) is 36.7 Å². The Bertz CT molecular complexity index is 1470. The molecule has 0 saturated carbocycles. The maximum atomic E-state index is 15.4. The van der Waals surface area contributed by atoms with Crippen molar-refractivity contribution in [2.24, 2.45) is 12.8 Å². The highest BCUT2D eigenvalue weighted by Crippen LogP contribution is 2.31. The van der Waals surface area contributed by atoms with Gasteiger partial charge in [0.25, 0.3) is 5.56 Å². The first-order valence-corrected chi connectivity index (χ1v) is 12.8. The normalized spacial score (nSPS) is 16.4. The number of rotatable bonds is 10. The molecule has 3 aromatic rings. The standard InChI is InChI=1S/C22H26F3N7O4S/c1-31-20-13(11-28-22(29-20)27-6-9-36-8-5-26)10-15(21(31)33)18-16(24)2-3-17(19(18)25)30-37(34,35)32-7-4-14(23)12-32/h2-3,10-11,14,30H,4-9,12,26H2,1H3,(H,27,28,29). The topological polar surface area (TPSA) is 144 Å². The lowest BCUT2D eigenvalue weighted by atomic mass is 10.0. The number of nitrogens with two attached hydrogens (primary N) is 1. The number of hydrogen-bond donors (Lipinski definition) is 3. The molecule has 4 N–H and O–H groups in total. The zero-order chi connectivity index (χ0) is 26.7. The van der Waals surface area contributed by atoms with Gasteiger partial charge in [-0.1, -0.05) is 0 Å². The van der Waals surface area contributed by atoms with E-state index >= 15 is 4.39 Å². The third-order valence-corrected chi connectivity index (χ3v) is 7.26. The lowest BCUT2D eigenvalue weighted by Gasteiger charge is -2.18. The summed E-state index contributed by atoms with van der Waals surface area (Å²) < 4.78 is 78.1. The van der Waals surface area contributed by atoms with Crippen molar-refractivity contribution in [3.05, 3.63) is 46.4 Å². The number of aryl methyl sites for hydroxylation is 1. The SMILES string of the molecule is Cn1c(=O)c(-c2c(F)ccc(NS(=O)(=O)N3CCC(F)C3)c2F)cc2cnc(NCCOCCN)nc21. The molecule has 11 nitrogen and oxygen atoms in total. The predicted octanol–water partition coefficient (Wildman–Crippen LogP) is 1.36. The first-order chi connectivity index (χ1) is 17.6. The molecule has 0 bridgehead atoms. The summed E-state index contributed by atoms with van der Waals surface area (Å²) in [5.74, 6) is -2.14. The second-order valence-corrected chi connectivity index (χ2v) is 10.0. The molecular formula is C22H26F3N7O4S. The van der Waals surface area contributed by atoms with Crippen molar-refractivity contribution in [1.82, 2.24) is 18.8 Å². The van der Waals surface area contributed by atoms with E-state index in [1.54, 1.807) is 0 Å². The molecule has 200 valence electrons. The highest BCUT2D eigenvalue weighted by atomic mass is 32.2. The molecule has 37 heavy (non-hydrogen) atoms. The number of hydrogen-bond acceptors (Lipinski definition) is 8. The van der Waals surface area contributed by atoms with Crippen LogP contribution in [0.2, 0.25) is 0 Å². The molecule has 2 aromatic heterocycles. The molecule has 3 heterocycles. The molecule has 1 fully saturated rings. The number of nitrogens with zero attached hydrogens (tertiary/aromatic N) is 4. The minimum atomic E-state index is -4.30. The van der Waals surface area contributed by atoms with Gasteiger partial charge < -0.3 is 15.8 Å². The monoisotopic (exact) mass is 541 g/mol. The first-order valence-electron chi connectivity index (χ1n) is 11.4. The smallest absolute Gasteiger partial charge is 0.301 e. The quantitative estimate of drug-likeness (QED) is 0.327. The van der Waals surface area contributed by atoms with Crippen molar-refractivity contribution in [3.8, 4) is 11.1 Å². The van der Waals surface area contributed by atoms with Crippen LogP contribution in [0, 0.1) is 11.6 Å². The number of ether oxygens (including phenoxy) is 1. The van der Waals surface area contributed by atoms with E-state index in [1.807, 2.05) is 4.72 Å². The van der Waals surface area contributed by atoms with E-state index in [2.05, 4.69) is 15.3 Å². The van der Waals surface area contributed by atoms with Gasteiger partial charge in [0.15, 0.2) is 5.82 Å². The Kier molecular flexibility index (Phi) is 7.96. The Balaban J connectivity index is 1.67. The number of halogens is 3. The lowest BCUT2D eigenvalue weighted by molar-refractivity contribution is 0.151. The summed E-state index contributed by atoms with van der Waals surface area (Å²) in [4.78, 5) is 21.6. The second-order valence-electron chi connectivity index (χ2n) is 8.36. The van der Waals surface area contributed by atoms with Crippen molar-refractivity contribution < 1.29 is 26.3 Å². The molecule has 1 unspecified atom stereocenters. The summed E-state index contributed by atoms with van der Waals surface area (Å²) in [7, 11) is -2.91. The highest BCUT2D eigenvalue weighted by Gasteiger charge is 2.32. The van der Waals surface area contributed by atoms with Crippen molar-refractivity contribution >= 4 is 32.9 Å². The van der Waals surface area contributed by atoms with E-state index in [0.717, 1.165) is 21.0 Å². The van der Waals surface area contributed by atoms with Gasteiger partial charge in [0.1, 0.15) is 17.6 Å². The number of nitrogens with one attached hydrogen (secondary N) is 2. The van der Waals surface area contributed by atoms with Crippen LogP contribution < -0.4 is 21.3 Å². The predicted molar refractivity (Wildman–Crippen MR) is 132 cm³/mol. The van der Waals surface area contributed by atoms with Crippen molar-refractivity contribution in [2.75, 3.05) is 49.4 Å². The molecule has 1 aliphatic rings. The average molecular weight is 542 g/mol. The molecule has 1 atom stereocenters. The average Bonchev–Trinajstić information content (AvgIpc) is 3.31. The van der Waals surface area contributed by atoms with Crippen molar-refractivity contribution in [1.29, 1.82) is 0 Å². The van der Waals surface area contributed by atoms with Crippen LogP contribution in [0.1, 0.15) is 6.42 Å². The Morgan fingerprint density at radius 2 is 2.05 bits per heavy atom. The molecule has 1 aliphatic heterocycles. The minimum Gasteiger partial charge on any atom is -0.378 e. The molecule has 0 aliphatic carbocycles. The second kappa shape index (κ2) is 11.0. The maximum absolute atomic E-state index is 15.4. The van der Waals surface area contributed by atoms with E-state index < -0.39 is 44.8 Å². The van der Waals surface area contributed by atoms with Crippen molar-refractivity contribution in [3.63, 3.8) is 0 Å². The fourth-order valence-electron chi connectivity index (χ4n) is 3.92. The van der Waals surface area contributed by atoms with E-state index in [4.69, 9.17) is 10.5 Å². The molecule has 1 saturated heterocycles. The largest absolute Gasteiger partial charge is 0.378 e. The summed E-state index contributed by atoms with van der Waals surface area (Å²) in [6.45, 7) is 1.11. The number of alkyl halides is 1. The fraction of sp³-hybridized carbons (Fsp3) is 0.409. The summed E-state index contributed by atoms with van der Waals surface area (Å²) >= 11 is 0. The zero-order valence-corrected chi connectivity index (χ0v) is 20.7. The van der Waals surface area contributed by atoms with Crippen LogP contribution in [0.4, 0.5) is 24.8 Å². The molecule has 0 spiro atoms. The number of benzene rings is 1. The van der Waals surface area contributed by atoms with Crippen LogP contribution in [-0.4, -0.2) is 72.8 Å². The summed E-state index contributed by atoms with van der Waals surface area (Å²) in [6.07, 6.45) is 0.0811. The molecule has 15 heteroatoms. The number of aromatic nitrogens is 3. The lowest BCUT2D eigenvalue weighted by Crippen LogP contribution is -2.34. The number of fused-ring (bicyclic) bond motifs is 1. The van der Waals surface area contributed by atoms with Gasteiger partial charge in [0.05, 0.1) is 30.0 Å². The van der Waals surface area contributed by atoms with Gasteiger partial charge in [-0.15, -0.1) is 0 Å². The molecule has 4 rings (SSSR count). The van der Waals surface area contributed by atoms with Gasteiger partial charge in [-0.2, -0.15) is 17.7 Å². The maximum Gasteiger partial charge on any atom is 0.301 e. The van der Waals surface area contributed by atoms with E-state index in [9.17, 15) is 22.0 Å². The Morgan fingerprint density at radius 3 is 2.76 bits per heavy atom. The van der Waals surface area contributed by atoms with Crippen LogP contribution in [0.5, 0.6) is 0 Å². The molecule has 1 aromatic carbocycles. The van der Waals surface area contributed by atoms with Gasteiger partial charge in [-0.25, -0.2) is 18.2 Å². The Hall–Kier alpha value is -3.27. The summed E-state index contributed by atoms with van der Waals surface area (Å²) in [6, 6.07) is 2.98. The minimum absolute atomic E-state index is 0.0204. The van der Waals surface area contributed by atoms with Crippen LogP contribution in [-0.2, 0) is 22.0 Å². The number of pyridine rings is 1. The first kappa shape index (κ1) is 26.8. The molecule has 0 amide bonds. The van der Waals surface area contributed by atoms with Crippen LogP contribution in [0.25, 0.3) is 22.2 Å². The van der Waals surface area contributed by atoms with Crippen LogP contribution in [0.3, 0.4) is 0 Å². The zero-order valence-electron chi connectivity index (χ0n) is 19.9. The summed E-state index contributed by atoms with van der Waals surface area (Å²) in [5, 5.41) is 3.26. The number of anilines is 2.